The van der Waals surface area contributed by atoms with E-state index in [1.165, 1.54) is 0 Å². The molecular weight excluding hydrogens is 324 g/mol. The second-order valence-electron chi connectivity index (χ2n) is 6.79. The van der Waals surface area contributed by atoms with Gasteiger partial charge in [-0.2, -0.15) is 0 Å². The van der Waals surface area contributed by atoms with Crippen LogP contribution in [-0.2, 0) is 0 Å². The van der Waals surface area contributed by atoms with Crippen LogP contribution in [0.4, 0.5) is 0 Å². The molecule has 132 valence electrons. The van der Waals surface area contributed by atoms with Crippen LogP contribution in [0, 0.1) is 5.92 Å². The lowest BCUT2D eigenvalue weighted by Gasteiger charge is -2.31. The van der Waals surface area contributed by atoms with Gasteiger partial charge in [0, 0.05) is 36.4 Å². The Kier molecular flexibility index (Phi) is 4.63. The first kappa shape index (κ1) is 16.7. The number of hydrogen-bond acceptors (Lipinski definition) is 4. The number of nitrogens with two attached hydrogens (primary N) is 1. The summed E-state index contributed by atoms with van der Waals surface area (Å²) in [5.41, 5.74) is 9.00. The maximum Gasteiger partial charge on any atom is 0.254 e. The van der Waals surface area contributed by atoms with Crippen molar-refractivity contribution in [3.63, 3.8) is 0 Å². The third kappa shape index (κ3) is 3.18. The van der Waals surface area contributed by atoms with E-state index >= 15 is 0 Å². The molecule has 4 rings (SSSR count). The van der Waals surface area contributed by atoms with Crippen LogP contribution in [0.25, 0.3) is 22.2 Å². The molecule has 2 N–H and O–H groups in total. The molecule has 2 aromatic heterocycles. The van der Waals surface area contributed by atoms with Gasteiger partial charge in [0.15, 0.2) is 0 Å². The molecule has 0 radical (unpaired) electrons. The van der Waals surface area contributed by atoms with E-state index in [1.54, 1.807) is 12.4 Å². The minimum atomic E-state index is 0.0733. The molecule has 0 unspecified atom stereocenters. The van der Waals surface area contributed by atoms with Crippen molar-refractivity contribution in [3.8, 4) is 11.3 Å². The van der Waals surface area contributed by atoms with Crippen molar-refractivity contribution in [1.29, 1.82) is 0 Å². The van der Waals surface area contributed by atoms with Gasteiger partial charge in [-0.15, -0.1) is 0 Å². The van der Waals surface area contributed by atoms with Crippen molar-refractivity contribution in [3.05, 3.63) is 60.4 Å². The molecule has 1 amide bonds. The monoisotopic (exact) mass is 346 g/mol. The smallest absolute Gasteiger partial charge is 0.254 e. The summed E-state index contributed by atoms with van der Waals surface area (Å²) in [4.78, 5) is 24.1. The quantitative estimate of drug-likeness (QED) is 0.791. The van der Waals surface area contributed by atoms with Crippen molar-refractivity contribution in [1.82, 2.24) is 14.9 Å². The van der Waals surface area contributed by atoms with E-state index in [0.29, 0.717) is 18.0 Å². The molecular formula is C21H22N4O. The number of fused-ring (bicyclic) bond motifs is 1. The zero-order valence-electron chi connectivity index (χ0n) is 14.6. The van der Waals surface area contributed by atoms with E-state index in [-0.39, 0.29) is 5.91 Å². The summed E-state index contributed by atoms with van der Waals surface area (Å²) >= 11 is 0. The van der Waals surface area contributed by atoms with Gasteiger partial charge < -0.3 is 10.6 Å². The van der Waals surface area contributed by atoms with Crippen LogP contribution < -0.4 is 5.73 Å². The highest BCUT2D eigenvalue weighted by molar-refractivity contribution is 6.07. The predicted molar refractivity (Wildman–Crippen MR) is 103 cm³/mol. The Morgan fingerprint density at radius 2 is 1.96 bits per heavy atom. The normalized spacial score (nSPS) is 15.3. The standard InChI is InChI=1S/C21H22N4O/c22-13-15-7-10-25(11-8-15)21(26)18-12-20(16-4-3-9-23-14-16)24-19-6-2-1-5-17(18)19/h1-6,9,12,14-15H,7-8,10-11,13,22H2. The van der Waals surface area contributed by atoms with Crippen LogP contribution in [0.15, 0.2) is 54.9 Å². The fourth-order valence-electron chi connectivity index (χ4n) is 3.56. The Morgan fingerprint density at radius 1 is 1.15 bits per heavy atom. The van der Waals surface area contributed by atoms with E-state index in [4.69, 9.17) is 10.7 Å². The van der Waals surface area contributed by atoms with Gasteiger partial charge >= 0.3 is 0 Å². The Balaban J connectivity index is 1.75. The molecule has 0 spiro atoms. The molecule has 0 aliphatic carbocycles. The number of hydrogen-bond donors (Lipinski definition) is 1. The predicted octanol–water partition coefficient (Wildman–Crippen LogP) is 3.11. The summed E-state index contributed by atoms with van der Waals surface area (Å²) in [5, 5.41) is 0.895. The third-order valence-electron chi connectivity index (χ3n) is 5.14. The Hall–Kier alpha value is -2.79. The zero-order valence-corrected chi connectivity index (χ0v) is 14.6. The van der Waals surface area contributed by atoms with E-state index in [1.807, 2.05) is 47.4 Å². The van der Waals surface area contributed by atoms with Crippen molar-refractivity contribution in [2.24, 2.45) is 11.7 Å². The number of likely N-dealkylation sites (tertiary alicyclic amines) is 1. The Morgan fingerprint density at radius 3 is 2.69 bits per heavy atom. The van der Waals surface area contributed by atoms with Crippen molar-refractivity contribution in [2.75, 3.05) is 19.6 Å². The van der Waals surface area contributed by atoms with E-state index in [0.717, 1.165) is 48.1 Å². The first-order valence-corrected chi connectivity index (χ1v) is 9.06. The Labute approximate surface area is 152 Å². The van der Waals surface area contributed by atoms with Gasteiger partial charge in [-0.1, -0.05) is 18.2 Å². The number of pyridine rings is 2. The number of carbonyl (C=O) groups is 1. The maximum absolute atomic E-state index is 13.2. The Bertz CT molecular complexity index is 918. The second kappa shape index (κ2) is 7.22. The lowest BCUT2D eigenvalue weighted by molar-refractivity contribution is 0.0695. The van der Waals surface area contributed by atoms with Crippen LogP contribution in [-0.4, -0.2) is 40.4 Å². The van der Waals surface area contributed by atoms with E-state index in [9.17, 15) is 4.79 Å². The molecule has 3 heterocycles. The first-order valence-electron chi connectivity index (χ1n) is 9.06. The molecule has 1 saturated heterocycles. The van der Waals surface area contributed by atoms with Crippen molar-refractivity contribution < 1.29 is 4.79 Å². The summed E-state index contributed by atoms with van der Waals surface area (Å²) in [5.74, 6) is 0.600. The lowest BCUT2D eigenvalue weighted by atomic mass is 9.96. The average molecular weight is 346 g/mol. The van der Waals surface area contributed by atoms with Crippen LogP contribution in [0.1, 0.15) is 23.2 Å². The summed E-state index contributed by atoms with van der Waals surface area (Å²) in [6.07, 6.45) is 5.46. The molecule has 0 saturated carbocycles. The molecule has 5 nitrogen and oxygen atoms in total. The number of amides is 1. The molecule has 1 aliphatic heterocycles. The van der Waals surface area contributed by atoms with E-state index in [2.05, 4.69) is 4.98 Å². The zero-order chi connectivity index (χ0) is 17.9. The van der Waals surface area contributed by atoms with Gasteiger partial charge in [0.25, 0.3) is 5.91 Å². The van der Waals surface area contributed by atoms with Crippen LogP contribution in [0.5, 0.6) is 0 Å². The summed E-state index contributed by atoms with van der Waals surface area (Å²) in [6.45, 7) is 2.23. The highest BCUT2D eigenvalue weighted by Crippen LogP contribution is 2.27. The minimum absolute atomic E-state index is 0.0733. The summed E-state index contributed by atoms with van der Waals surface area (Å²) in [6, 6.07) is 13.6. The summed E-state index contributed by atoms with van der Waals surface area (Å²) in [7, 11) is 0. The SMILES string of the molecule is NCC1CCN(C(=O)c2cc(-c3cccnc3)nc3ccccc23)CC1. The molecule has 26 heavy (non-hydrogen) atoms. The summed E-state index contributed by atoms with van der Waals surface area (Å²) < 4.78 is 0. The average Bonchev–Trinajstić information content (AvgIpc) is 2.73. The number of para-hydroxylation sites is 1. The van der Waals surface area contributed by atoms with Gasteiger partial charge in [0.2, 0.25) is 0 Å². The van der Waals surface area contributed by atoms with Crippen molar-refractivity contribution >= 4 is 16.8 Å². The van der Waals surface area contributed by atoms with Crippen LogP contribution >= 0.6 is 0 Å². The largest absolute Gasteiger partial charge is 0.339 e. The number of piperidine rings is 1. The second-order valence-corrected chi connectivity index (χ2v) is 6.79. The number of rotatable bonds is 3. The highest BCUT2D eigenvalue weighted by atomic mass is 16.2. The molecule has 3 aromatic rings. The minimum Gasteiger partial charge on any atom is -0.339 e. The number of carbonyl (C=O) groups excluding carboxylic acids is 1. The van der Waals surface area contributed by atoms with Gasteiger partial charge in [-0.3, -0.25) is 9.78 Å². The first-order chi connectivity index (χ1) is 12.8. The third-order valence-corrected chi connectivity index (χ3v) is 5.14. The van der Waals surface area contributed by atoms with Crippen LogP contribution in [0.3, 0.4) is 0 Å². The van der Waals surface area contributed by atoms with Gasteiger partial charge in [0.1, 0.15) is 0 Å². The van der Waals surface area contributed by atoms with E-state index < -0.39 is 0 Å². The number of aromatic nitrogens is 2. The molecule has 5 heteroatoms. The fourth-order valence-corrected chi connectivity index (χ4v) is 3.56. The van der Waals surface area contributed by atoms with Gasteiger partial charge in [-0.25, -0.2) is 4.98 Å². The topological polar surface area (TPSA) is 72.1 Å². The fraction of sp³-hybridized carbons (Fsp3) is 0.286. The molecule has 1 fully saturated rings. The molecule has 1 aliphatic rings. The van der Waals surface area contributed by atoms with Crippen LogP contribution in [0.2, 0.25) is 0 Å². The molecule has 0 atom stereocenters. The molecule has 0 bridgehead atoms. The van der Waals surface area contributed by atoms with Crippen molar-refractivity contribution in [2.45, 2.75) is 12.8 Å². The van der Waals surface area contributed by atoms with Gasteiger partial charge in [0.05, 0.1) is 16.8 Å². The maximum atomic E-state index is 13.2. The van der Waals surface area contributed by atoms with Gasteiger partial charge in [-0.05, 0) is 49.6 Å². The molecule has 1 aromatic carbocycles. The number of benzene rings is 1. The lowest BCUT2D eigenvalue weighted by Crippen LogP contribution is -2.40. The highest BCUT2D eigenvalue weighted by Gasteiger charge is 2.24. The number of nitrogens with zero attached hydrogens (tertiary/aromatic N) is 3.